The van der Waals surface area contributed by atoms with Crippen LogP contribution in [0.5, 0.6) is 5.75 Å². The first kappa shape index (κ1) is 20.9. The van der Waals surface area contributed by atoms with Gasteiger partial charge in [0.05, 0.1) is 18.9 Å². The maximum Gasteiger partial charge on any atom is 0.262 e. The van der Waals surface area contributed by atoms with Gasteiger partial charge in [-0.3, -0.25) is 4.79 Å². The van der Waals surface area contributed by atoms with Gasteiger partial charge in [0.15, 0.2) is 12.4 Å². The molecule has 33 heavy (non-hydrogen) atoms. The molecule has 0 radical (unpaired) electrons. The summed E-state index contributed by atoms with van der Waals surface area (Å²) < 4.78 is 11.0. The van der Waals surface area contributed by atoms with Crippen molar-refractivity contribution in [2.45, 2.75) is 0 Å². The van der Waals surface area contributed by atoms with Crippen molar-refractivity contribution in [3.05, 3.63) is 78.9 Å². The number of nitrogens with one attached hydrogen (secondary N) is 1. The third-order valence-corrected chi connectivity index (χ3v) is 5.54. The maximum atomic E-state index is 12.3. The molecule has 7 heteroatoms. The van der Waals surface area contributed by atoms with Crippen molar-refractivity contribution in [1.29, 1.82) is 0 Å². The number of carbonyl (C=O) groups excluding carboxylic acids is 1. The lowest BCUT2D eigenvalue weighted by Gasteiger charge is -2.27. The first-order chi connectivity index (χ1) is 16.2. The van der Waals surface area contributed by atoms with E-state index in [-0.39, 0.29) is 12.5 Å². The maximum absolute atomic E-state index is 12.3. The Morgan fingerprint density at radius 3 is 2.45 bits per heavy atom. The quantitative estimate of drug-likeness (QED) is 0.485. The molecule has 4 aromatic rings. The molecule has 5 rings (SSSR count). The summed E-state index contributed by atoms with van der Waals surface area (Å²) in [5.41, 5.74) is 2.41. The van der Waals surface area contributed by atoms with E-state index in [1.807, 2.05) is 78.9 Å². The molecule has 1 aromatic heterocycles. The van der Waals surface area contributed by atoms with Gasteiger partial charge in [0.1, 0.15) is 5.75 Å². The highest BCUT2D eigenvalue weighted by Crippen LogP contribution is 2.22. The fraction of sp³-hybridized carbons (Fsp3) is 0.192. The number of ether oxygens (including phenoxy) is 2. The van der Waals surface area contributed by atoms with Crippen LogP contribution in [0.15, 0.2) is 78.9 Å². The molecule has 1 saturated heterocycles. The Morgan fingerprint density at radius 2 is 1.70 bits per heavy atom. The number of benzene rings is 3. The predicted molar refractivity (Wildman–Crippen MR) is 129 cm³/mol. The lowest BCUT2D eigenvalue weighted by Crippen LogP contribution is -2.36. The highest BCUT2D eigenvalue weighted by Gasteiger charge is 2.13. The van der Waals surface area contributed by atoms with E-state index in [1.54, 1.807) is 0 Å². The number of anilines is 2. The minimum Gasteiger partial charge on any atom is -0.484 e. The van der Waals surface area contributed by atoms with E-state index in [2.05, 4.69) is 20.4 Å². The molecule has 1 aliphatic rings. The van der Waals surface area contributed by atoms with Gasteiger partial charge in [0.25, 0.3) is 5.91 Å². The molecule has 1 amide bonds. The molecule has 0 atom stereocenters. The summed E-state index contributed by atoms with van der Waals surface area (Å²) >= 11 is 0. The molecule has 7 nitrogen and oxygen atoms in total. The lowest BCUT2D eigenvalue weighted by molar-refractivity contribution is -0.118. The van der Waals surface area contributed by atoms with Gasteiger partial charge in [-0.25, -0.2) is 0 Å². The second kappa shape index (κ2) is 9.67. The van der Waals surface area contributed by atoms with Crippen molar-refractivity contribution >= 4 is 28.2 Å². The predicted octanol–water partition coefficient (Wildman–Crippen LogP) is 4.15. The number of aromatic nitrogens is 2. The Morgan fingerprint density at radius 1 is 0.909 bits per heavy atom. The van der Waals surface area contributed by atoms with Crippen molar-refractivity contribution in [1.82, 2.24) is 10.2 Å². The summed E-state index contributed by atoms with van der Waals surface area (Å²) in [6, 6.07) is 25.3. The molecule has 1 N–H and O–H groups in total. The van der Waals surface area contributed by atoms with Crippen LogP contribution in [-0.4, -0.2) is 49.0 Å². The number of fused-ring (bicyclic) bond motifs is 1. The number of morpholine rings is 1. The highest BCUT2D eigenvalue weighted by atomic mass is 16.5. The van der Waals surface area contributed by atoms with Crippen LogP contribution in [0.25, 0.3) is 22.0 Å². The molecular weight excluding hydrogens is 416 g/mol. The largest absolute Gasteiger partial charge is 0.484 e. The van der Waals surface area contributed by atoms with E-state index in [1.165, 1.54) is 0 Å². The summed E-state index contributed by atoms with van der Waals surface area (Å²) in [7, 11) is 0. The van der Waals surface area contributed by atoms with Crippen LogP contribution in [0.1, 0.15) is 0 Å². The standard InChI is InChI=1S/C26H24N4O3/c31-26(18-33-23-10-7-19-3-1-2-4-21(19)17-23)27-22-8-5-20(6-9-22)24-11-12-25(29-28-24)30-13-15-32-16-14-30/h1-12,17H,13-16,18H2,(H,27,31). The zero-order valence-corrected chi connectivity index (χ0v) is 18.1. The number of hydrogen-bond acceptors (Lipinski definition) is 6. The molecule has 0 spiro atoms. The van der Waals surface area contributed by atoms with Crippen LogP contribution in [0.4, 0.5) is 11.5 Å². The Kier molecular flexibility index (Phi) is 6.12. The van der Waals surface area contributed by atoms with Gasteiger partial charge < -0.3 is 19.7 Å². The van der Waals surface area contributed by atoms with Gasteiger partial charge >= 0.3 is 0 Å². The van der Waals surface area contributed by atoms with Crippen molar-refractivity contribution in [3.63, 3.8) is 0 Å². The van der Waals surface area contributed by atoms with Crippen LogP contribution < -0.4 is 15.0 Å². The van der Waals surface area contributed by atoms with Gasteiger partial charge in [0, 0.05) is 24.3 Å². The number of rotatable bonds is 6. The van der Waals surface area contributed by atoms with Crippen LogP contribution in [0.3, 0.4) is 0 Å². The fourth-order valence-electron chi connectivity index (χ4n) is 3.77. The molecule has 0 aliphatic carbocycles. The summed E-state index contributed by atoms with van der Waals surface area (Å²) in [6.45, 7) is 3.02. The Bertz CT molecular complexity index is 1240. The van der Waals surface area contributed by atoms with E-state index in [0.717, 1.165) is 40.9 Å². The van der Waals surface area contributed by atoms with Gasteiger partial charge in [-0.05, 0) is 47.2 Å². The zero-order chi connectivity index (χ0) is 22.5. The van der Waals surface area contributed by atoms with Crippen LogP contribution in [0.2, 0.25) is 0 Å². The lowest BCUT2D eigenvalue weighted by atomic mass is 10.1. The minimum atomic E-state index is -0.217. The third-order valence-electron chi connectivity index (χ3n) is 5.54. The number of carbonyl (C=O) groups is 1. The number of amides is 1. The third kappa shape index (κ3) is 5.10. The smallest absolute Gasteiger partial charge is 0.262 e. The SMILES string of the molecule is O=C(COc1ccc2ccccc2c1)Nc1ccc(-c2ccc(N3CCOCC3)nn2)cc1. The van der Waals surface area contributed by atoms with Gasteiger partial charge in [0.2, 0.25) is 0 Å². The van der Waals surface area contributed by atoms with Gasteiger partial charge in [-0.15, -0.1) is 10.2 Å². The Balaban J connectivity index is 1.16. The molecular formula is C26H24N4O3. The Hall–Kier alpha value is -3.97. The topological polar surface area (TPSA) is 76.6 Å². The van der Waals surface area contributed by atoms with Gasteiger partial charge in [-0.1, -0.05) is 42.5 Å². The zero-order valence-electron chi connectivity index (χ0n) is 18.1. The first-order valence-electron chi connectivity index (χ1n) is 10.9. The molecule has 1 aliphatic heterocycles. The summed E-state index contributed by atoms with van der Waals surface area (Å²) in [5, 5.41) is 13.8. The van der Waals surface area contributed by atoms with E-state index in [0.29, 0.717) is 24.7 Å². The highest BCUT2D eigenvalue weighted by molar-refractivity contribution is 5.92. The second-order valence-electron chi connectivity index (χ2n) is 7.80. The van der Waals surface area contributed by atoms with E-state index in [9.17, 15) is 4.79 Å². The van der Waals surface area contributed by atoms with Crippen molar-refractivity contribution in [2.24, 2.45) is 0 Å². The van der Waals surface area contributed by atoms with E-state index >= 15 is 0 Å². The molecule has 2 heterocycles. The summed E-state index contributed by atoms with van der Waals surface area (Å²) in [4.78, 5) is 14.5. The molecule has 0 bridgehead atoms. The van der Waals surface area contributed by atoms with Crippen LogP contribution in [-0.2, 0) is 9.53 Å². The average molecular weight is 441 g/mol. The molecule has 0 unspecified atom stereocenters. The van der Waals surface area contributed by atoms with E-state index in [4.69, 9.17) is 9.47 Å². The van der Waals surface area contributed by atoms with Crippen molar-refractivity contribution in [3.8, 4) is 17.0 Å². The minimum absolute atomic E-state index is 0.0609. The molecule has 1 fully saturated rings. The van der Waals surface area contributed by atoms with Crippen LogP contribution >= 0.6 is 0 Å². The molecule has 3 aromatic carbocycles. The van der Waals surface area contributed by atoms with Gasteiger partial charge in [-0.2, -0.15) is 0 Å². The summed E-state index contributed by atoms with van der Waals surface area (Å²) in [5.74, 6) is 1.31. The van der Waals surface area contributed by atoms with Crippen LogP contribution in [0, 0.1) is 0 Å². The number of hydrogen-bond donors (Lipinski definition) is 1. The first-order valence-corrected chi connectivity index (χ1v) is 10.9. The summed E-state index contributed by atoms with van der Waals surface area (Å²) in [6.07, 6.45) is 0. The molecule has 0 saturated carbocycles. The normalized spacial score (nSPS) is 13.6. The monoisotopic (exact) mass is 440 g/mol. The van der Waals surface area contributed by atoms with Crippen molar-refractivity contribution < 1.29 is 14.3 Å². The molecule has 166 valence electrons. The average Bonchev–Trinajstić information content (AvgIpc) is 2.88. The second-order valence-corrected chi connectivity index (χ2v) is 7.80. The van der Waals surface area contributed by atoms with Crippen molar-refractivity contribution in [2.75, 3.05) is 43.1 Å². The van der Waals surface area contributed by atoms with E-state index < -0.39 is 0 Å². The number of nitrogens with zero attached hydrogens (tertiary/aromatic N) is 3. The fourth-order valence-corrected chi connectivity index (χ4v) is 3.77. The Labute approximate surface area is 192 Å².